The predicted octanol–water partition coefficient (Wildman–Crippen LogP) is 3.23. The van der Waals surface area contributed by atoms with Gasteiger partial charge in [-0.25, -0.2) is 4.79 Å². The Morgan fingerprint density at radius 1 is 1.28 bits per heavy atom. The first kappa shape index (κ1) is 19.2. The summed E-state index contributed by atoms with van der Waals surface area (Å²) in [5.74, 6) is -1.57. The maximum absolute atomic E-state index is 12.9. The van der Waals surface area contributed by atoms with Gasteiger partial charge in [-0.1, -0.05) is 13.0 Å². The summed E-state index contributed by atoms with van der Waals surface area (Å²) >= 11 is 0. The first-order valence-electron chi connectivity index (χ1n) is 8.59. The van der Waals surface area contributed by atoms with Crippen LogP contribution in [-0.2, 0) is 19.1 Å². The van der Waals surface area contributed by atoms with E-state index >= 15 is 0 Å². The number of methoxy groups -OCH3 is 1. The Hall–Kier alpha value is -2.11. The van der Waals surface area contributed by atoms with Crippen LogP contribution >= 0.6 is 0 Å². The monoisotopic (exact) mass is 349 g/mol. The molecule has 1 heterocycles. The van der Waals surface area contributed by atoms with Crippen molar-refractivity contribution < 1.29 is 23.9 Å². The molecule has 2 atom stereocenters. The molecule has 0 aromatic carbocycles. The van der Waals surface area contributed by atoms with Crippen molar-refractivity contribution in [3.63, 3.8) is 0 Å². The van der Waals surface area contributed by atoms with Gasteiger partial charge in [-0.3, -0.25) is 14.5 Å². The van der Waals surface area contributed by atoms with E-state index < -0.39 is 23.6 Å². The molecule has 0 bridgehead atoms. The molecule has 25 heavy (non-hydrogen) atoms. The van der Waals surface area contributed by atoms with Crippen LogP contribution in [-0.4, -0.2) is 42.0 Å². The zero-order valence-corrected chi connectivity index (χ0v) is 15.8. The smallest absolute Gasteiger partial charge is 0.414 e. The number of ketones is 1. The van der Waals surface area contributed by atoms with Gasteiger partial charge in [0.15, 0.2) is 5.78 Å². The SMILES string of the molecule is COC(=O)C1CCN(C(=O)OC(C)(C)C)C2=C(C)CC(C)C=C2C1=O. The lowest BCUT2D eigenvalue weighted by Crippen LogP contribution is -2.38. The summed E-state index contributed by atoms with van der Waals surface area (Å²) in [6.45, 7) is 9.56. The maximum Gasteiger partial charge on any atom is 0.414 e. The second-order valence-electron chi connectivity index (χ2n) is 7.75. The van der Waals surface area contributed by atoms with Gasteiger partial charge in [-0.05, 0) is 52.0 Å². The van der Waals surface area contributed by atoms with Crippen LogP contribution in [0.1, 0.15) is 47.5 Å². The Balaban J connectivity index is 2.48. The molecule has 6 nitrogen and oxygen atoms in total. The van der Waals surface area contributed by atoms with Gasteiger partial charge >= 0.3 is 12.1 Å². The van der Waals surface area contributed by atoms with Gasteiger partial charge in [0.2, 0.25) is 0 Å². The molecule has 0 aromatic rings. The van der Waals surface area contributed by atoms with Crippen molar-refractivity contribution in [2.75, 3.05) is 13.7 Å². The van der Waals surface area contributed by atoms with Crippen LogP contribution in [0.2, 0.25) is 0 Å². The number of rotatable bonds is 1. The van der Waals surface area contributed by atoms with E-state index in [4.69, 9.17) is 9.47 Å². The van der Waals surface area contributed by atoms with Gasteiger partial charge in [0.05, 0.1) is 12.8 Å². The summed E-state index contributed by atoms with van der Waals surface area (Å²) in [6, 6.07) is 0. The third kappa shape index (κ3) is 4.11. The fourth-order valence-corrected chi connectivity index (χ4v) is 3.36. The summed E-state index contributed by atoms with van der Waals surface area (Å²) < 4.78 is 10.3. The van der Waals surface area contributed by atoms with Gasteiger partial charge in [0.1, 0.15) is 11.5 Å². The van der Waals surface area contributed by atoms with Crippen LogP contribution in [0, 0.1) is 11.8 Å². The van der Waals surface area contributed by atoms with Crippen molar-refractivity contribution in [2.45, 2.75) is 53.1 Å². The van der Waals surface area contributed by atoms with Crippen LogP contribution in [0.3, 0.4) is 0 Å². The van der Waals surface area contributed by atoms with E-state index in [0.29, 0.717) is 11.3 Å². The molecule has 0 radical (unpaired) electrons. The Labute approximate surface area is 148 Å². The molecule has 1 fully saturated rings. The summed E-state index contributed by atoms with van der Waals surface area (Å²) in [5.41, 5.74) is 1.32. The highest BCUT2D eigenvalue weighted by atomic mass is 16.6. The zero-order chi connectivity index (χ0) is 18.9. The lowest BCUT2D eigenvalue weighted by Gasteiger charge is -2.31. The molecule has 2 aliphatic rings. The summed E-state index contributed by atoms with van der Waals surface area (Å²) in [6.07, 6.45) is 2.32. The van der Waals surface area contributed by atoms with E-state index in [1.807, 2.05) is 19.9 Å². The van der Waals surface area contributed by atoms with E-state index in [0.717, 1.165) is 12.0 Å². The number of carbonyl (C=O) groups excluding carboxylic acids is 3. The van der Waals surface area contributed by atoms with Crippen molar-refractivity contribution in [3.05, 3.63) is 22.9 Å². The van der Waals surface area contributed by atoms with Crippen LogP contribution in [0.4, 0.5) is 4.79 Å². The number of carbonyl (C=O) groups is 3. The molecule has 2 rings (SSSR count). The highest BCUT2D eigenvalue weighted by molar-refractivity contribution is 6.11. The number of likely N-dealkylation sites (tertiary alicyclic amines) is 1. The van der Waals surface area contributed by atoms with Crippen molar-refractivity contribution in [1.82, 2.24) is 4.90 Å². The third-order valence-electron chi connectivity index (χ3n) is 4.33. The Morgan fingerprint density at radius 2 is 1.92 bits per heavy atom. The fourth-order valence-electron chi connectivity index (χ4n) is 3.36. The third-order valence-corrected chi connectivity index (χ3v) is 4.33. The summed E-state index contributed by atoms with van der Waals surface area (Å²) in [4.78, 5) is 39.2. The molecule has 1 aliphatic carbocycles. The number of hydrogen-bond acceptors (Lipinski definition) is 5. The minimum Gasteiger partial charge on any atom is -0.468 e. The molecule has 138 valence electrons. The minimum atomic E-state index is -0.892. The number of hydrogen-bond donors (Lipinski definition) is 0. The van der Waals surface area contributed by atoms with E-state index in [-0.39, 0.29) is 24.7 Å². The van der Waals surface area contributed by atoms with E-state index in [9.17, 15) is 14.4 Å². The number of ether oxygens (including phenoxy) is 2. The summed E-state index contributed by atoms with van der Waals surface area (Å²) in [5, 5.41) is 0. The normalized spacial score (nSPS) is 24.3. The van der Waals surface area contributed by atoms with Crippen molar-refractivity contribution in [2.24, 2.45) is 11.8 Å². The standard InChI is InChI=1S/C19H27NO5/c1-11-9-12(2)15-14(10-11)16(21)13(17(22)24-6)7-8-20(15)18(23)25-19(3,4)5/h10-11,13H,7-9H2,1-6H3. The molecule has 0 aromatic heterocycles. The lowest BCUT2D eigenvalue weighted by atomic mass is 9.85. The average molecular weight is 349 g/mol. The first-order valence-corrected chi connectivity index (χ1v) is 8.59. The van der Waals surface area contributed by atoms with Crippen molar-refractivity contribution in [3.8, 4) is 0 Å². The largest absolute Gasteiger partial charge is 0.468 e. The van der Waals surface area contributed by atoms with Gasteiger partial charge in [-0.15, -0.1) is 0 Å². The molecule has 1 amide bonds. The molecule has 0 spiro atoms. The molecule has 0 saturated carbocycles. The number of allylic oxidation sites excluding steroid dienone is 3. The lowest BCUT2D eigenvalue weighted by molar-refractivity contribution is -0.148. The van der Waals surface area contributed by atoms with Gasteiger partial charge in [0.25, 0.3) is 0 Å². The van der Waals surface area contributed by atoms with Crippen LogP contribution in [0.25, 0.3) is 0 Å². The Kier molecular flexibility index (Phi) is 5.40. The second-order valence-corrected chi connectivity index (χ2v) is 7.75. The van der Waals surface area contributed by atoms with Gasteiger partial charge < -0.3 is 9.47 Å². The first-order chi connectivity index (χ1) is 11.5. The van der Waals surface area contributed by atoms with E-state index in [2.05, 4.69) is 0 Å². The average Bonchev–Trinajstić information content (AvgIpc) is 2.62. The maximum atomic E-state index is 12.9. The highest BCUT2D eigenvalue weighted by Crippen LogP contribution is 2.37. The number of esters is 1. The van der Waals surface area contributed by atoms with Gasteiger partial charge in [-0.2, -0.15) is 0 Å². The van der Waals surface area contributed by atoms with Gasteiger partial charge in [0, 0.05) is 12.1 Å². The molecule has 6 heteroatoms. The zero-order valence-electron chi connectivity index (χ0n) is 15.8. The van der Waals surface area contributed by atoms with Crippen LogP contribution < -0.4 is 0 Å². The van der Waals surface area contributed by atoms with Crippen LogP contribution in [0.5, 0.6) is 0 Å². The Morgan fingerprint density at radius 3 is 2.48 bits per heavy atom. The minimum absolute atomic E-state index is 0.166. The number of fused-ring (bicyclic) bond motifs is 1. The van der Waals surface area contributed by atoms with E-state index in [1.54, 1.807) is 20.8 Å². The van der Waals surface area contributed by atoms with E-state index in [1.165, 1.54) is 12.0 Å². The number of Topliss-reactive ketones (excluding diaryl/α,β-unsaturated/α-hetero) is 1. The topological polar surface area (TPSA) is 72.9 Å². The molecular weight excluding hydrogens is 322 g/mol. The second kappa shape index (κ2) is 7.02. The Bertz CT molecular complexity index is 653. The van der Waals surface area contributed by atoms with Crippen molar-refractivity contribution in [1.29, 1.82) is 0 Å². The molecule has 0 N–H and O–H groups in total. The predicted molar refractivity (Wildman–Crippen MR) is 92.6 cm³/mol. The molecular formula is C19H27NO5. The summed E-state index contributed by atoms with van der Waals surface area (Å²) in [7, 11) is 1.27. The fraction of sp³-hybridized carbons (Fsp3) is 0.632. The molecule has 1 aliphatic heterocycles. The molecule has 2 unspecified atom stereocenters. The van der Waals surface area contributed by atoms with Crippen molar-refractivity contribution >= 4 is 17.8 Å². The highest BCUT2D eigenvalue weighted by Gasteiger charge is 2.41. The quantitative estimate of drug-likeness (QED) is 0.537. The molecule has 1 saturated heterocycles. The number of amides is 1. The number of nitrogens with zero attached hydrogens (tertiary/aromatic N) is 1. The van der Waals surface area contributed by atoms with Crippen LogP contribution in [0.15, 0.2) is 22.9 Å².